The molecular weight excluding hydrogens is 260 g/mol. The van der Waals surface area contributed by atoms with Crippen molar-refractivity contribution in [2.45, 2.75) is 0 Å². The van der Waals surface area contributed by atoms with Crippen molar-refractivity contribution in [2.75, 3.05) is 0 Å². The summed E-state index contributed by atoms with van der Waals surface area (Å²) < 4.78 is 5.45. The van der Waals surface area contributed by atoms with Crippen molar-refractivity contribution in [3.8, 4) is 11.5 Å². The third-order valence-electron chi connectivity index (χ3n) is 2.82. The molecule has 1 heterocycles. The Morgan fingerprint density at radius 3 is 2.45 bits per heavy atom. The van der Waals surface area contributed by atoms with E-state index in [4.69, 9.17) is 4.42 Å². The summed E-state index contributed by atoms with van der Waals surface area (Å²) in [6, 6.07) is 12.2. The summed E-state index contributed by atoms with van der Waals surface area (Å²) >= 11 is 0. The number of hydrogen-bond donors (Lipinski definition) is 0. The predicted molar refractivity (Wildman–Crippen MR) is 72.4 cm³/mol. The Labute approximate surface area is 112 Å². The normalized spacial score (nSPS) is 10.6. The fourth-order valence-electron chi connectivity index (χ4n) is 1.84. The number of aromatic nitrogens is 1. The van der Waals surface area contributed by atoms with Gasteiger partial charge in [0.05, 0.1) is 4.92 Å². The van der Waals surface area contributed by atoms with Crippen molar-refractivity contribution in [1.82, 2.24) is 4.98 Å². The average Bonchev–Trinajstić information content (AvgIpc) is 2.80. The van der Waals surface area contributed by atoms with E-state index in [0.29, 0.717) is 11.1 Å². The smallest absolute Gasteiger partial charge is 0.269 e. The van der Waals surface area contributed by atoms with Gasteiger partial charge in [0.15, 0.2) is 0 Å². The van der Waals surface area contributed by atoms with Crippen LogP contribution in [0.25, 0.3) is 22.6 Å². The van der Waals surface area contributed by atoms with Gasteiger partial charge in [-0.3, -0.25) is 14.9 Å². The van der Waals surface area contributed by atoms with Gasteiger partial charge in [0.1, 0.15) is 5.52 Å². The van der Waals surface area contributed by atoms with Gasteiger partial charge in [-0.2, -0.15) is 0 Å². The second-order valence-electron chi connectivity index (χ2n) is 4.12. The molecule has 1 aromatic heterocycles. The summed E-state index contributed by atoms with van der Waals surface area (Å²) in [7, 11) is 0. The lowest BCUT2D eigenvalue weighted by atomic mass is 10.2. The molecule has 0 atom stereocenters. The van der Waals surface area contributed by atoms with Crippen LogP contribution >= 0.6 is 0 Å². The van der Waals surface area contributed by atoms with Gasteiger partial charge < -0.3 is 4.42 Å². The maximum absolute atomic E-state index is 11.7. The largest absolute Gasteiger partial charge is 0.432 e. The third-order valence-corrected chi connectivity index (χ3v) is 2.82. The highest BCUT2D eigenvalue weighted by Gasteiger charge is 2.11. The number of nitro groups is 1. The van der Waals surface area contributed by atoms with Crippen molar-refractivity contribution in [2.24, 2.45) is 0 Å². The van der Waals surface area contributed by atoms with Crippen LogP contribution < -0.4 is 5.43 Å². The molecule has 0 aliphatic rings. The number of non-ortho nitro benzene ring substituents is 1. The van der Waals surface area contributed by atoms with Crippen LogP contribution in [0.3, 0.4) is 0 Å². The van der Waals surface area contributed by atoms with Crippen molar-refractivity contribution < 1.29 is 9.34 Å². The summed E-state index contributed by atoms with van der Waals surface area (Å²) in [6.45, 7) is 0. The maximum atomic E-state index is 11.7. The topological polar surface area (TPSA) is 86.2 Å². The van der Waals surface area contributed by atoms with Crippen LogP contribution in [0.5, 0.6) is 0 Å². The van der Waals surface area contributed by atoms with Gasteiger partial charge in [0, 0.05) is 17.7 Å². The summed E-state index contributed by atoms with van der Waals surface area (Å²) in [6.07, 6.45) is 0. The molecule has 0 radical (unpaired) electrons. The van der Waals surface area contributed by atoms with Gasteiger partial charge in [-0.15, -0.1) is 0 Å². The molecule has 0 aliphatic carbocycles. The number of hydrogen-bond acceptors (Lipinski definition) is 5. The third kappa shape index (κ3) is 2.03. The van der Waals surface area contributed by atoms with Crippen LogP contribution in [0.1, 0.15) is 0 Å². The number of rotatable bonds is 2. The molecule has 0 saturated heterocycles. The zero-order chi connectivity index (χ0) is 14.1. The summed E-state index contributed by atoms with van der Waals surface area (Å²) in [5.41, 5.74) is 0.928. The van der Waals surface area contributed by atoms with E-state index in [1.807, 2.05) is 0 Å². The molecule has 0 N–H and O–H groups in total. The summed E-state index contributed by atoms with van der Waals surface area (Å²) in [5.74, 6) is 0.262. The van der Waals surface area contributed by atoms with E-state index in [0.717, 1.165) is 0 Å². The molecule has 98 valence electrons. The van der Waals surface area contributed by atoms with E-state index in [9.17, 15) is 14.9 Å². The molecule has 0 saturated carbocycles. The van der Waals surface area contributed by atoms with Gasteiger partial charge >= 0.3 is 0 Å². The van der Waals surface area contributed by atoms with E-state index < -0.39 is 4.92 Å². The quantitative estimate of drug-likeness (QED) is 0.527. The fourth-order valence-corrected chi connectivity index (χ4v) is 1.84. The van der Waals surface area contributed by atoms with E-state index in [-0.39, 0.29) is 22.6 Å². The lowest BCUT2D eigenvalue weighted by Crippen LogP contribution is -1.91. The minimum absolute atomic E-state index is 0.0132. The van der Waals surface area contributed by atoms with Crippen LogP contribution in [-0.2, 0) is 0 Å². The Morgan fingerprint density at radius 1 is 1.05 bits per heavy atom. The second-order valence-corrected chi connectivity index (χ2v) is 4.12. The van der Waals surface area contributed by atoms with E-state index in [2.05, 4.69) is 4.98 Å². The van der Waals surface area contributed by atoms with Crippen LogP contribution in [0, 0.1) is 10.1 Å². The van der Waals surface area contributed by atoms with Crippen LogP contribution in [-0.4, -0.2) is 9.91 Å². The number of nitrogens with zero attached hydrogens (tertiary/aromatic N) is 2. The monoisotopic (exact) mass is 268 g/mol. The minimum atomic E-state index is -0.481. The number of nitro benzene ring substituents is 1. The first-order valence-corrected chi connectivity index (χ1v) is 5.80. The Kier molecular flexibility index (Phi) is 2.76. The Hall–Kier alpha value is -3.02. The number of oxazole rings is 1. The molecular formula is C14H8N2O4. The lowest BCUT2D eigenvalue weighted by molar-refractivity contribution is -0.384. The Balaban J connectivity index is 2.13. The van der Waals surface area contributed by atoms with Crippen molar-refractivity contribution in [3.63, 3.8) is 0 Å². The highest BCUT2D eigenvalue weighted by Crippen LogP contribution is 2.24. The van der Waals surface area contributed by atoms with E-state index >= 15 is 0 Å². The average molecular weight is 268 g/mol. The molecule has 0 unspecified atom stereocenters. The molecule has 6 heteroatoms. The molecule has 3 aromatic rings. The van der Waals surface area contributed by atoms with Crippen molar-refractivity contribution in [1.29, 1.82) is 0 Å². The highest BCUT2D eigenvalue weighted by atomic mass is 16.6. The molecule has 0 aliphatic heterocycles. The molecule has 0 fully saturated rings. The van der Waals surface area contributed by atoms with Gasteiger partial charge in [-0.1, -0.05) is 12.1 Å². The molecule has 3 rings (SSSR count). The first-order chi connectivity index (χ1) is 9.65. The van der Waals surface area contributed by atoms with Crippen molar-refractivity contribution >= 4 is 16.8 Å². The van der Waals surface area contributed by atoms with E-state index in [1.54, 1.807) is 18.2 Å². The van der Waals surface area contributed by atoms with E-state index in [1.165, 1.54) is 30.3 Å². The maximum Gasteiger partial charge on any atom is 0.269 e. The molecule has 2 aromatic carbocycles. The lowest BCUT2D eigenvalue weighted by Gasteiger charge is -1.94. The van der Waals surface area contributed by atoms with Crippen LogP contribution in [0.2, 0.25) is 0 Å². The second kappa shape index (κ2) is 4.58. The Morgan fingerprint density at radius 2 is 1.75 bits per heavy atom. The highest BCUT2D eigenvalue weighted by molar-refractivity contribution is 5.75. The summed E-state index contributed by atoms with van der Waals surface area (Å²) in [5, 5.41) is 10.6. The first kappa shape index (κ1) is 12.0. The molecule has 0 bridgehead atoms. The number of fused-ring (bicyclic) bond motifs is 1. The SMILES string of the molecule is O=c1ccccc2nc(-c3ccc([N+](=O)[O-])cc3)oc12. The summed E-state index contributed by atoms with van der Waals surface area (Å²) in [4.78, 5) is 26.1. The standard InChI is InChI=1S/C14H8N2O4/c17-12-4-2-1-3-11-13(12)20-14(15-11)9-5-7-10(8-6-9)16(18)19/h1-8H. The molecule has 0 amide bonds. The van der Waals surface area contributed by atoms with Gasteiger partial charge in [-0.05, 0) is 24.3 Å². The zero-order valence-electron chi connectivity index (χ0n) is 10.1. The van der Waals surface area contributed by atoms with Crippen LogP contribution in [0.15, 0.2) is 57.7 Å². The predicted octanol–water partition coefficient (Wildman–Crippen LogP) is 2.76. The van der Waals surface area contributed by atoms with Gasteiger partial charge in [0.25, 0.3) is 5.69 Å². The number of benzene rings is 1. The van der Waals surface area contributed by atoms with Crippen molar-refractivity contribution in [3.05, 3.63) is 68.9 Å². The first-order valence-electron chi connectivity index (χ1n) is 5.80. The minimum Gasteiger partial charge on any atom is -0.432 e. The molecule has 20 heavy (non-hydrogen) atoms. The van der Waals surface area contributed by atoms with Gasteiger partial charge in [0.2, 0.25) is 16.9 Å². The van der Waals surface area contributed by atoms with Crippen LogP contribution in [0.4, 0.5) is 5.69 Å². The zero-order valence-corrected chi connectivity index (χ0v) is 10.1. The molecule has 6 nitrogen and oxygen atoms in total. The molecule has 0 spiro atoms. The fraction of sp³-hybridized carbons (Fsp3) is 0. The van der Waals surface area contributed by atoms with Gasteiger partial charge in [-0.25, -0.2) is 4.98 Å². The Bertz CT molecular complexity index is 853.